The van der Waals surface area contributed by atoms with Crippen LogP contribution < -0.4 is 0 Å². The minimum Gasteiger partial charge on any atom is -0.304 e. The van der Waals surface area contributed by atoms with Gasteiger partial charge in [0.1, 0.15) is 0 Å². The summed E-state index contributed by atoms with van der Waals surface area (Å²) in [7, 11) is 6.58. The van der Waals surface area contributed by atoms with E-state index in [-0.39, 0.29) is 16.5 Å². The fourth-order valence-electron chi connectivity index (χ4n) is 2.39. The average Bonchev–Trinajstić information content (AvgIpc) is 2.15. The Morgan fingerprint density at radius 2 is 1.06 bits per heavy atom. The zero-order valence-electron chi connectivity index (χ0n) is 14.0. The van der Waals surface area contributed by atoms with E-state index in [9.17, 15) is 0 Å². The molecule has 0 radical (unpaired) electrons. The molecule has 0 heterocycles. The molecule has 0 aliphatic rings. The molecule has 0 spiro atoms. The highest BCUT2D eigenvalue weighted by molar-refractivity contribution is 5.06. The van der Waals surface area contributed by atoms with E-state index >= 15 is 0 Å². The lowest BCUT2D eigenvalue weighted by atomic mass is 9.61. The first-order chi connectivity index (χ1) is 7.30. The Balaban J connectivity index is 5.44. The molecule has 0 bridgehead atoms. The van der Waals surface area contributed by atoms with Crippen molar-refractivity contribution < 1.29 is 0 Å². The number of hydrogen-bond donors (Lipinski definition) is 0. The number of hydrogen-bond acceptors (Lipinski definition) is 2. The minimum absolute atomic E-state index is 0.134. The smallest absolute Gasteiger partial charge is 0.0221 e. The van der Waals surface area contributed by atoms with E-state index in [2.05, 4.69) is 86.3 Å². The van der Waals surface area contributed by atoms with Gasteiger partial charge in [0, 0.05) is 22.5 Å². The molecule has 17 heavy (non-hydrogen) atoms. The molecule has 104 valence electrons. The molecular formula is C15H34N2. The van der Waals surface area contributed by atoms with E-state index in [1.165, 1.54) is 0 Å². The minimum atomic E-state index is 0.134. The second-order valence-corrected chi connectivity index (χ2v) is 7.34. The van der Waals surface area contributed by atoms with Crippen molar-refractivity contribution in [3.05, 3.63) is 0 Å². The number of nitrogens with zero attached hydrogens (tertiary/aromatic N) is 2. The van der Waals surface area contributed by atoms with Crippen LogP contribution >= 0.6 is 0 Å². The predicted octanol–water partition coefficient (Wildman–Crippen LogP) is 3.47. The Morgan fingerprint density at radius 3 is 1.29 bits per heavy atom. The van der Waals surface area contributed by atoms with E-state index in [0.29, 0.717) is 6.04 Å². The topological polar surface area (TPSA) is 6.48 Å². The van der Waals surface area contributed by atoms with Crippen LogP contribution in [0.25, 0.3) is 0 Å². The summed E-state index contributed by atoms with van der Waals surface area (Å²) in [4.78, 5) is 4.82. The van der Waals surface area contributed by atoms with Gasteiger partial charge in [0.15, 0.2) is 0 Å². The lowest BCUT2D eigenvalue weighted by Gasteiger charge is -2.58. The van der Waals surface area contributed by atoms with Gasteiger partial charge in [-0.25, -0.2) is 0 Å². The summed E-state index contributed by atoms with van der Waals surface area (Å²) >= 11 is 0. The SMILES string of the molecule is CC(C)N(C)C(C)(C)C(C)(C)C(C)(C)N(C)C. The van der Waals surface area contributed by atoms with E-state index in [0.717, 1.165) is 0 Å². The summed E-state index contributed by atoms with van der Waals surface area (Å²) in [5, 5.41) is 0. The molecule has 2 nitrogen and oxygen atoms in total. The third kappa shape index (κ3) is 2.68. The van der Waals surface area contributed by atoms with Crippen molar-refractivity contribution >= 4 is 0 Å². The highest BCUT2D eigenvalue weighted by atomic mass is 15.2. The maximum absolute atomic E-state index is 2.48. The van der Waals surface area contributed by atoms with Crippen LogP contribution in [0, 0.1) is 5.41 Å². The van der Waals surface area contributed by atoms with Gasteiger partial charge in [0.25, 0.3) is 0 Å². The monoisotopic (exact) mass is 242 g/mol. The second-order valence-electron chi connectivity index (χ2n) is 7.34. The fourth-order valence-corrected chi connectivity index (χ4v) is 2.39. The molecule has 0 aliphatic carbocycles. The van der Waals surface area contributed by atoms with Crippen molar-refractivity contribution in [1.29, 1.82) is 0 Å². The average molecular weight is 242 g/mol. The van der Waals surface area contributed by atoms with Gasteiger partial charge in [-0.1, -0.05) is 13.8 Å². The quantitative estimate of drug-likeness (QED) is 0.728. The Morgan fingerprint density at radius 1 is 0.706 bits per heavy atom. The lowest BCUT2D eigenvalue weighted by molar-refractivity contribution is -0.0764. The predicted molar refractivity (Wildman–Crippen MR) is 78.5 cm³/mol. The maximum atomic E-state index is 2.48. The molecule has 0 fully saturated rings. The second kappa shape index (κ2) is 4.89. The van der Waals surface area contributed by atoms with E-state index < -0.39 is 0 Å². The summed E-state index contributed by atoms with van der Waals surface area (Å²) in [5.74, 6) is 0. The van der Waals surface area contributed by atoms with Gasteiger partial charge in [-0.15, -0.1) is 0 Å². The van der Waals surface area contributed by atoms with Gasteiger partial charge in [-0.05, 0) is 62.7 Å². The van der Waals surface area contributed by atoms with Crippen molar-refractivity contribution in [3.63, 3.8) is 0 Å². The Labute approximate surface area is 109 Å². The van der Waals surface area contributed by atoms with Gasteiger partial charge in [0.05, 0.1) is 0 Å². The van der Waals surface area contributed by atoms with Gasteiger partial charge >= 0.3 is 0 Å². The zero-order valence-corrected chi connectivity index (χ0v) is 14.0. The van der Waals surface area contributed by atoms with Crippen molar-refractivity contribution in [3.8, 4) is 0 Å². The van der Waals surface area contributed by atoms with Gasteiger partial charge in [0.2, 0.25) is 0 Å². The van der Waals surface area contributed by atoms with Crippen molar-refractivity contribution in [2.75, 3.05) is 21.1 Å². The molecule has 0 aromatic carbocycles. The van der Waals surface area contributed by atoms with Gasteiger partial charge in [-0.2, -0.15) is 0 Å². The molecular weight excluding hydrogens is 208 g/mol. The largest absolute Gasteiger partial charge is 0.304 e. The van der Waals surface area contributed by atoms with Crippen LogP contribution in [0.15, 0.2) is 0 Å². The third-order valence-electron chi connectivity index (χ3n) is 5.83. The van der Waals surface area contributed by atoms with Crippen LogP contribution in [-0.4, -0.2) is 48.1 Å². The van der Waals surface area contributed by atoms with Crippen LogP contribution in [0.1, 0.15) is 55.4 Å². The van der Waals surface area contributed by atoms with Gasteiger partial charge < -0.3 is 4.90 Å². The summed E-state index contributed by atoms with van der Waals surface area (Å²) in [5.41, 5.74) is 0.442. The van der Waals surface area contributed by atoms with Crippen LogP contribution in [-0.2, 0) is 0 Å². The molecule has 0 amide bonds. The van der Waals surface area contributed by atoms with Gasteiger partial charge in [-0.3, -0.25) is 4.90 Å². The summed E-state index contributed by atoms with van der Waals surface area (Å²) in [6, 6.07) is 0.558. The van der Waals surface area contributed by atoms with Crippen LogP contribution in [0.2, 0.25) is 0 Å². The maximum Gasteiger partial charge on any atom is 0.0221 e. The first-order valence-electron chi connectivity index (χ1n) is 6.70. The molecule has 0 unspecified atom stereocenters. The van der Waals surface area contributed by atoms with Crippen molar-refractivity contribution in [2.45, 2.75) is 72.5 Å². The zero-order chi connectivity index (χ0) is 14.2. The summed E-state index contributed by atoms with van der Waals surface area (Å²) < 4.78 is 0. The first kappa shape index (κ1) is 16.9. The molecule has 0 aromatic rings. The summed E-state index contributed by atoms with van der Waals surface area (Å²) in [6.07, 6.45) is 0. The highest BCUT2D eigenvalue weighted by Gasteiger charge is 2.51. The Hall–Kier alpha value is -0.0800. The summed E-state index contributed by atoms with van der Waals surface area (Å²) in [6.45, 7) is 18.7. The van der Waals surface area contributed by atoms with Crippen molar-refractivity contribution in [1.82, 2.24) is 9.80 Å². The van der Waals surface area contributed by atoms with E-state index in [1.807, 2.05) is 0 Å². The van der Waals surface area contributed by atoms with Crippen molar-refractivity contribution in [2.24, 2.45) is 5.41 Å². The Bertz CT molecular complexity index is 250. The van der Waals surface area contributed by atoms with Crippen LogP contribution in [0.3, 0.4) is 0 Å². The molecule has 0 aromatic heterocycles. The molecule has 0 atom stereocenters. The molecule has 2 heteroatoms. The van der Waals surface area contributed by atoms with E-state index in [1.54, 1.807) is 0 Å². The highest BCUT2D eigenvalue weighted by Crippen LogP contribution is 2.46. The molecule has 0 saturated heterocycles. The van der Waals surface area contributed by atoms with Crippen LogP contribution in [0.5, 0.6) is 0 Å². The Kier molecular flexibility index (Phi) is 4.87. The molecule has 0 aliphatic heterocycles. The van der Waals surface area contributed by atoms with Crippen LogP contribution in [0.4, 0.5) is 0 Å². The van der Waals surface area contributed by atoms with E-state index in [4.69, 9.17) is 0 Å². The normalized spacial score (nSPS) is 15.2. The molecule has 0 N–H and O–H groups in total. The number of rotatable bonds is 5. The standard InChI is InChI=1S/C15H34N2/c1-12(2)17(11)15(7,8)13(3,4)14(5,6)16(9)10/h12H,1-11H3. The first-order valence-corrected chi connectivity index (χ1v) is 6.70. The molecule has 0 rings (SSSR count). The fraction of sp³-hybridized carbons (Fsp3) is 1.00. The molecule has 0 saturated carbocycles. The lowest BCUT2D eigenvalue weighted by Crippen LogP contribution is -2.65. The third-order valence-corrected chi connectivity index (χ3v) is 5.83.